The molecule has 0 bridgehead atoms. The SMILES string of the molecule is CCOC(=O)C1=NN(c2ccc(OC)c(F)c2)C2(N3CCOCC3)C(=O)N(c3ccc(N4CCCCC4=O)cc3)CCC12. The lowest BCUT2D eigenvalue weighted by Crippen LogP contribution is -2.74. The second-order valence-corrected chi connectivity index (χ2v) is 11.0. The van der Waals surface area contributed by atoms with E-state index in [-0.39, 0.29) is 29.9 Å². The predicted molar refractivity (Wildman–Crippen MR) is 158 cm³/mol. The second-order valence-electron chi connectivity index (χ2n) is 11.0. The summed E-state index contributed by atoms with van der Waals surface area (Å²) in [5.74, 6) is -1.98. The third-order valence-corrected chi connectivity index (χ3v) is 8.70. The number of carbonyl (C=O) groups excluding carboxylic acids is 3. The minimum atomic E-state index is -1.47. The Morgan fingerprint density at radius 1 is 1.00 bits per heavy atom. The maximum Gasteiger partial charge on any atom is 0.354 e. The maximum atomic E-state index is 15.1. The van der Waals surface area contributed by atoms with E-state index in [4.69, 9.17) is 19.3 Å². The Bertz CT molecular complexity index is 1430. The van der Waals surface area contributed by atoms with Gasteiger partial charge in [0.25, 0.3) is 5.91 Å². The molecule has 0 radical (unpaired) electrons. The van der Waals surface area contributed by atoms with Gasteiger partial charge in [0.05, 0.1) is 38.5 Å². The molecule has 228 valence electrons. The van der Waals surface area contributed by atoms with Crippen molar-refractivity contribution in [3.63, 3.8) is 0 Å². The number of benzene rings is 2. The molecular weight excluding hydrogens is 557 g/mol. The number of morpholine rings is 1. The van der Waals surface area contributed by atoms with Crippen LogP contribution in [0.5, 0.6) is 5.75 Å². The summed E-state index contributed by atoms with van der Waals surface area (Å²) < 4.78 is 31.2. The molecule has 2 atom stereocenters. The number of hydrogen-bond acceptors (Lipinski definition) is 9. The van der Waals surface area contributed by atoms with Gasteiger partial charge in [-0.2, -0.15) is 5.10 Å². The van der Waals surface area contributed by atoms with Crippen molar-refractivity contribution in [2.75, 3.05) is 67.9 Å². The molecule has 3 fully saturated rings. The number of halogens is 1. The zero-order valence-electron chi connectivity index (χ0n) is 24.5. The first-order valence-electron chi connectivity index (χ1n) is 14.8. The summed E-state index contributed by atoms with van der Waals surface area (Å²) in [7, 11) is 1.38. The van der Waals surface area contributed by atoms with Crippen LogP contribution in [0.2, 0.25) is 0 Å². The van der Waals surface area contributed by atoms with Crippen LogP contribution in [0.15, 0.2) is 47.6 Å². The Labute approximate surface area is 249 Å². The van der Waals surface area contributed by atoms with Crippen molar-refractivity contribution in [3.05, 3.63) is 48.3 Å². The first-order chi connectivity index (χ1) is 20.9. The molecule has 2 amide bonds. The highest BCUT2D eigenvalue weighted by molar-refractivity contribution is 6.40. The van der Waals surface area contributed by atoms with Crippen LogP contribution >= 0.6 is 0 Å². The van der Waals surface area contributed by atoms with Gasteiger partial charge in [-0.05, 0) is 62.6 Å². The fraction of sp³-hybridized carbons (Fsp3) is 0.484. The number of hydrazone groups is 1. The lowest BCUT2D eigenvalue weighted by Gasteiger charge is -2.53. The fourth-order valence-electron chi connectivity index (χ4n) is 6.69. The predicted octanol–water partition coefficient (Wildman–Crippen LogP) is 3.17. The van der Waals surface area contributed by atoms with Crippen molar-refractivity contribution in [3.8, 4) is 5.75 Å². The van der Waals surface area contributed by atoms with Gasteiger partial charge in [0, 0.05) is 50.0 Å². The van der Waals surface area contributed by atoms with Gasteiger partial charge in [0.15, 0.2) is 17.3 Å². The molecule has 3 saturated heterocycles. The molecule has 2 aromatic rings. The van der Waals surface area contributed by atoms with E-state index in [9.17, 15) is 14.4 Å². The van der Waals surface area contributed by atoms with E-state index in [1.54, 1.807) is 22.8 Å². The van der Waals surface area contributed by atoms with Crippen molar-refractivity contribution < 1.29 is 33.0 Å². The van der Waals surface area contributed by atoms with Crippen molar-refractivity contribution in [2.45, 2.75) is 38.3 Å². The molecule has 4 aliphatic rings. The molecule has 0 saturated carbocycles. The van der Waals surface area contributed by atoms with Crippen molar-refractivity contribution >= 4 is 40.6 Å². The fourth-order valence-corrected chi connectivity index (χ4v) is 6.69. The van der Waals surface area contributed by atoms with Gasteiger partial charge < -0.3 is 24.0 Å². The number of fused-ring (bicyclic) bond motifs is 1. The second kappa shape index (κ2) is 11.9. The van der Waals surface area contributed by atoms with E-state index in [2.05, 4.69) is 0 Å². The number of amides is 2. The van der Waals surface area contributed by atoms with Gasteiger partial charge in [-0.1, -0.05) is 0 Å². The molecule has 6 rings (SSSR count). The average molecular weight is 594 g/mol. The van der Waals surface area contributed by atoms with Crippen LogP contribution < -0.4 is 19.5 Å². The van der Waals surface area contributed by atoms with Crippen LogP contribution in [0.25, 0.3) is 0 Å². The first-order valence-corrected chi connectivity index (χ1v) is 14.8. The van der Waals surface area contributed by atoms with E-state index in [1.807, 2.05) is 29.2 Å². The summed E-state index contributed by atoms with van der Waals surface area (Å²) in [4.78, 5) is 46.2. The Balaban J connectivity index is 1.44. The first kappa shape index (κ1) is 29.1. The quantitative estimate of drug-likeness (QED) is 0.451. The zero-order chi connectivity index (χ0) is 30.1. The number of carbonyl (C=O) groups is 3. The highest BCUT2D eigenvalue weighted by Crippen LogP contribution is 2.47. The summed E-state index contributed by atoms with van der Waals surface area (Å²) in [5, 5.41) is 6.21. The minimum absolute atomic E-state index is 0.0541. The van der Waals surface area contributed by atoms with E-state index in [1.165, 1.54) is 24.3 Å². The average Bonchev–Trinajstić information content (AvgIpc) is 3.39. The van der Waals surface area contributed by atoms with Gasteiger partial charge in [0.1, 0.15) is 0 Å². The normalized spacial score (nSPS) is 24.6. The molecule has 0 spiro atoms. The molecule has 4 heterocycles. The van der Waals surface area contributed by atoms with Gasteiger partial charge >= 0.3 is 5.97 Å². The van der Waals surface area contributed by atoms with Crippen molar-refractivity contribution in [1.29, 1.82) is 0 Å². The highest BCUT2D eigenvalue weighted by Gasteiger charge is 2.65. The molecule has 11 nitrogen and oxygen atoms in total. The summed E-state index contributed by atoms with van der Waals surface area (Å²) in [6, 6.07) is 11.8. The topological polar surface area (TPSA) is 104 Å². The number of hydrogen-bond donors (Lipinski definition) is 0. The number of ether oxygens (including phenoxy) is 3. The van der Waals surface area contributed by atoms with E-state index < -0.39 is 23.4 Å². The Morgan fingerprint density at radius 3 is 2.35 bits per heavy atom. The van der Waals surface area contributed by atoms with Crippen LogP contribution in [0, 0.1) is 11.7 Å². The number of methoxy groups -OCH3 is 1. The van der Waals surface area contributed by atoms with Crippen LogP contribution in [-0.2, 0) is 23.9 Å². The van der Waals surface area contributed by atoms with Gasteiger partial charge in [-0.25, -0.2) is 14.2 Å². The number of nitrogens with zero attached hydrogens (tertiary/aromatic N) is 5. The monoisotopic (exact) mass is 593 g/mol. The lowest BCUT2D eigenvalue weighted by atomic mass is 9.79. The molecular formula is C31H36FN5O6. The third-order valence-electron chi connectivity index (χ3n) is 8.70. The lowest BCUT2D eigenvalue weighted by molar-refractivity contribution is -0.140. The number of anilines is 3. The van der Waals surface area contributed by atoms with E-state index in [0.717, 1.165) is 18.5 Å². The standard InChI is InChI=1S/C31H36FN5O6/c1-3-43-29(39)28-24-13-15-36(22-9-7-21(8-10-22)35-14-5-4-6-27(35)38)30(40)31(24,34-16-18-42-19-17-34)37(33-28)23-11-12-26(41-2)25(32)20-23/h7-12,20,24H,3-6,13-19H2,1-2H3. The Hall–Kier alpha value is -4.03. The van der Waals surface area contributed by atoms with E-state index >= 15 is 4.39 Å². The summed E-state index contributed by atoms with van der Waals surface area (Å²) in [6.45, 7) is 4.47. The van der Waals surface area contributed by atoms with Crippen LogP contribution in [0.1, 0.15) is 32.6 Å². The molecule has 2 aromatic carbocycles. The summed E-state index contributed by atoms with van der Waals surface area (Å²) >= 11 is 0. The van der Waals surface area contributed by atoms with Crippen LogP contribution in [0.3, 0.4) is 0 Å². The molecule has 4 aliphatic heterocycles. The zero-order valence-corrected chi connectivity index (χ0v) is 24.5. The van der Waals surface area contributed by atoms with Crippen molar-refractivity contribution in [2.24, 2.45) is 11.0 Å². The van der Waals surface area contributed by atoms with Gasteiger partial charge in [-0.15, -0.1) is 0 Å². The molecule has 2 unspecified atom stereocenters. The Morgan fingerprint density at radius 2 is 1.70 bits per heavy atom. The third kappa shape index (κ3) is 4.92. The van der Waals surface area contributed by atoms with Crippen LogP contribution in [0.4, 0.5) is 21.5 Å². The molecule has 0 N–H and O–H groups in total. The van der Waals surface area contributed by atoms with Crippen molar-refractivity contribution in [1.82, 2.24) is 4.90 Å². The molecule has 43 heavy (non-hydrogen) atoms. The number of piperidine rings is 2. The smallest absolute Gasteiger partial charge is 0.354 e. The maximum absolute atomic E-state index is 15.1. The molecule has 12 heteroatoms. The van der Waals surface area contributed by atoms with Gasteiger partial charge in [-0.3, -0.25) is 14.5 Å². The van der Waals surface area contributed by atoms with Crippen LogP contribution in [-0.4, -0.2) is 87.2 Å². The molecule has 0 aromatic heterocycles. The number of rotatable bonds is 7. The van der Waals surface area contributed by atoms with E-state index in [0.29, 0.717) is 63.6 Å². The minimum Gasteiger partial charge on any atom is -0.494 e. The van der Waals surface area contributed by atoms with Gasteiger partial charge in [0.2, 0.25) is 11.6 Å². The summed E-state index contributed by atoms with van der Waals surface area (Å²) in [5.41, 5.74) is 0.435. The number of esters is 1. The highest BCUT2D eigenvalue weighted by atomic mass is 19.1. The largest absolute Gasteiger partial charge is 0.494 e. The molecule has 0 aliphatic carbocycles. The Kier molecular flexibility index (Phi) is 8.06. The summed E-state index contributed by atoms with van der Waals surface area (Å²) in [6.07, 6.45) is 2.79.